The van der Waals surface area contributed by atoms with E-state index < -0.39 is 0 Å². The molecule has 2 aromatic heterocycles. The smallest absolute Gasteiger partial charge is 0.266 e. The van der Waals surface area contributed by atoms with Crippen molar-refractivity contribution in [2.45, 2.75) is 25.7 Å². The molecule has 1 aliphatic rings. The Morgan fingerprint density at radius 1 is 1.23 bits per heavy atom. The molecular formula is C18H15N3O. The monoisotopic (exact) mass is 289 g/mol. The predicted molar refractivity (Wildman–Crippen MR) is 85.8 cm³/mol. The fourth-order valence-electron chi connectivity index (χ4n) is 3.59. The first-order chi connectivity index (χ1) is 10.5. The number of rotatable bonds is 0. The first-order valence-electron chi connectivity index (χ1n) is 7.29. The van der Waals surface area contributed by atoms with Crippen LogP contribution in [-0.4, -0.2) is 9.97 Å². The number of hydrogen-bond donors (Lipinski definition) is 2. The third-order valence-electron chi connectivity index (χ3n) is 4.51. The van der Waals surface area contributed by atoms with Gasteiger partial charge in [0.2, 0.25) is 0 Å². The zero-order chi connectivity index (χ0) is 15.5. The van der Waals surface area contributed by atoms with Crippen LogP contribution in [0.2, 0.25) is 0 Å². The lowest BCUT2D eigenvalue weighted by Gasteiger charge is -2.31. The van der Waals surface area contributed by atoms with Gasteiger partial charge in [-0.2, -0.15) is 5.26 Å². The number of pyridine rings is 1. The molecule has 2 heterocycles. The van der Waals surface area contributed by atoms with E-state index in [-0.39, 0.29) is 16.5 Å². The second-order valence-corrected chi connectivity index (χ2v) is 6.50. The van der Waals surface area contributed by atoms with E-state index in [4.69, 9.17) is 5.26 Å². The van der Waals surface area contributed by atoms with E-state index in [2.05, 4.69) is 35.9 Å². The summed E-state index contributed by atoms with van der Waals surface area (Å²) in [7, 11) is 0. The van der Waals surface area contributed by atoms with Crippen LogP contribution in [0, 0.1) is 11.3 Å². The Hall–Kier alpha value is -2.80. The molecule has 0 amide bonds. The molecular weight excluding hydrogens is 274 g/mol. The van der Waals surface area contributed by atoms with Crippen molar-refractivity contribution in [1.82, 2.24) is 9.97 Å². The predicted octanol–water partition coefficient (Wildman–Crippen LogP) is 3.23. The molecule has 22 heavy (non-hydrogen) atoms. The van der Waals surface area contributed by atoms with E-state index in [1.165, 1.54) is 10.9 Å². The van der Waals surface area contributed by atoms with Gasteiger partial charge in [0.25, 0.3) is 5.56 Å². The topological polar surface area (TPSA) is 72.4 Å². The number of aromatic nitrogens is 2. The van der Waals surface area contributed by atoms with E-state index in [1.54, 1.807) is 6.07 Å². The zero-order valence-electron chi connectivity index (χ0n) is 12.4. The number of para-hydroxylation sites is 1. The SMILES string of the molecule is CC1(C)Cc2[nH]c(=O)c(C#N)cc2-c2[nH]c3ccccc3c21. The van der Waals surface area contributed by atoms with E-state index in [1.807, 2.05) is 18.2 Å². The summed E-state index contributed by atoms with van der Waals surface area (Å²) in [5, 5.41) is 10.3. The molecule has 3 aromatic rings. The molecule has 0 saturated heterocycles. The van der Waals surface area contributed by atoms with Crippen LogP contribution in [0.4, 0.5) is 0 Å². The average Bonchev–Trinajstić information content (AvgIpc) is 2.87. The zero-order valence-corrected chi connectivity index (χ0v) is 12.4. The highest BCUT2D eigenvalue weighted by molar-refractivity contribution is 5.93. The van der Waals surface area contributed by atoms with Gasteiger partial charge < -0.3 is 9.97 Å². The van der Waals surface area contributed by atoms with Gasteiger partial charge in [-0.05, 0) is 29.5 Å². The molecule has 0 bridgehead atoms. The Morgan fingerprint density at radius 2 is 2.00 bits per heavy atom. The van der Waals surface area contributed by atoms with Crippen molar-refractivity contribution < 1.29 is 0 Å². The molecule has 1 aliphatic carbocycles. The molecule has 4 heteroatoms. The summed E-state index contributed by atoms with van der Waals surface area (Å²) in [5.41, 5.74) is 4.94. The van der Waals surface area contributed by atoms with Gasteiger partial charge in [0.1, 0.15) is 11.6 Å². The molecule has 1 aromatic carbocycles. The Labute approximate surface area is 127 Å². The summed E-state index contributed by atoms with van der Waals surface area (Å²) in [6.45, 7) is 4.37. The van der Waals surface area contributed by atoms with E-state index in [9.17, 15) is 4.79 Å². The van der Waals surface area contributed by atoms with Crippen molar-refractivity contribution in [2.24, 2.45) is 0 Å². The van der Waals surface area contributed by atoms with Gasteiger partial charge in [0.05, 0.1) is 5.69 Å². The Bertz CT molecular complexity index is 1010. The molecule has 4 nitrogen and oxygen atoms in total. The number of benzene rings is 1. The van der Waals surface area contributed by atoms with Crippen LogP contribution < -0.4 is 5.56 Å². The van der Waals surface area contributed by atoms with Gasteiger partial charge in [0.15, 0.2) is 0 Å². The van der Waals surface area contributed by atoms with Crippen LogP contribution in [0.5, 0.6) is 0 Å². The first kappa shape index (κ1) is 12.9. The van der Waals surface area contributed by atoms with Gasteiger partial charge >= 0.3 is 0 Å². The minimum Gasteiger partial charge on any atom is -0.354 e. The van der Waals surface area contributed by atoms with Crippen LogP contribution in [-0.2, 0) is 11.8 Å². The molecule has 108 valence electrons. The van der Waals surface area contributed by atoms with Crippen molar-refractivity contribution >= 4 is 10.9 Å². The molecule has 0 atom stereocenters. The second-order valence-electron chi connectivity index (χ2n) is 6.50. The summed E-state index contributed by atoms with van der Waals surface area (Å²) in [6, 6.07) is 11.9. The summed E-state index contributed by atoms with van der Waals surface area (Å²) in [6.07, 6.45) is 0.748. The standard InChI is InChI=1S/C18H15N3O/c1-18(2)8-14-12(7-10(9-19)17(22)21-14)16-15(18)11-5-3-4-6-13(11)20-16/h3-7,20H,8H2,1-2H3,(H,21,22). The van der Waals surface area contributed by atoms with Crippen molar-refractivity contribution in [3.05, 3.63) is 57.5 Å². The Morgan fingerprint density at radius 3 is 2.77 bits per heavy atom. The Kier molecular flexibility index (Phi) is 2.41. The van der Waals surface area contributed by atoms with Crippen LogP contribution in [0.1, 0.15) is 30.7 Å². The van der Waals surface area contributed by atoms with Gasteiger partial charge in [-0.25, -0.2) is 0 Å². The van der Waals surface area contributed by atoms with Crippen LogP contribution >= 0.6 is 0 Å². The van der Waals surface area contributed by atoms with Gasteiger partial charge in [0, 0.05) is 22.2 Å². The molecule has 0 radical (unpaired) electrons. The van der Waals surface area contributed by atoms with Crippen molar-refractivity contribution in [2.75, 3.05) is 0 Å². The normalized spacial score (nSPS) is 15.1. The molecule has 4 rings (SSSR count). The molecule has 0 fully saturated rings. The second kappa shape index (κ2) is 4.11. The number of hydrogen-bond acceptors (Lipinski definition) is 2. The number of nitriles is 1. The lowest BCUT2D eigenvalue weighted by Crippen LogP contribution is -2.28. The highest BCUT2D eigenvalue weighted by Gasteiger charge is 2.35. The van der Waals surface area contributed by atoms with Gasteiger partial charge in [-0.15, -0.1) is 0 Å². The van der Waals surface area contributed by atoms with E-state index in [0.29, 0.717) is 0 Å². The van der Waals surface area contributed by atoms with Gasteiger partial charge in [-0.3, -0.25) is 4.79 Å². The summed E-state index contributed by atoms with van der Waals surface area (Å²) in [5.74, 6) is 0. The lowest BCUT2D eigenvalue weighted by molar-refractivity contribution is 0.513. The summed E-state index contributed by atoms with van der Waals surface area (Å²) in [4.78, 5) is 18.3. The number of nitrogens with one attached hydrogen (secondary N) is 2. The molecule has 0 aliphatic heterocycles. The highest BCUT2D eigenvalue weighted by atomic mass is 16.1. The minimum atomic E-state index is -0.309. The van der Waals surface area contributed by atoms with E-state index >= 15 is 0 Å². The first-order valence-corrected chi connectivity index (χ1v) is 7.29. The fraction of sp³-hybridized carbons (Fsp3) is 0.222. The molecule has 2 N–H and O–H groups in total. The van der Waals surface area contributed by atoms with Crippen molar-refractivity contribution in [3.63, 3.8) is 0 Å². The maximum Gasteiger partial charge on any atom is 0.266 e. The molecule has 0 spiro atoms. The number of aromatic amines is 2. The Balaban J connectivity index is 2.15. The minimum absolute atomic E-state index is 0.0843. The highest BCUT2D eigenvalue weighted by Crippen LogP contribution is 2.45. The maximum atomic E-state index is 11.9. The molecule has 0 saturated carbocycles. The largest absolute Gasteiger partial charge is 0.354 e. The number of fused-ring (bicyclic) bond motifs is 5. The maximum absolute atomic E-state index is 11.9. The van der Waals surface area contributed by atoms with Crippen LogP contribution in [0.25, 0.3) is 22.2 Å². The van der Waals surface area contributed by atoms with Gasteiger partial charge in [-0.1, -0.05) is 32.0 Å². The van der Waals surface area contributed by atoms with Crippen molar-refractivity contribution in [3.8, 4) is 17.3 Å². The van der Waals surface area contributed by atoms with E-state index in [0.717, 1.165) is 28.9 Å². The number of H-pyrrole nitrogens is 2. The lowest BCUT2D eigenvalue weighted by atomic mass is 9.73. The molecule has 0 unspecified atom stereocenters. The quantitative estimate of drug-likeness (QED) is 0.667. The fourth-order valence-corrected chi connectivity index (χ4v) is 3.59. The van der Waals surface area contributed by atoms with Crippen molar-refractivity contribution in [1.29, 1.82) is 5.26 Å². The third-order valence-corrected chi connectivity index (χ3v) is 4.51. The van der Waals surface area contributed by atoms with Crippen LogP contribution in [0.15, 0.2) is 35.1 Å². The number of nitrogens with zero attached hydrogens (tertiary/aromatic N) is 1. The van der Waals surface area contributed by atoms with Crippen LogP contribution in [0.3, 0.4) is 0 Å². The summed E-state index contributed by atoms with van der Waals surface area (Å²) >= 11 is 0. The third kappa shape index (κ3) is 1.59. The summed E-state index contributed by atoms with van der Waals surface area (Å²) < 4.78 is 0. The average molecular weight is 289 g/mol.